The molecule has 8 heavy (non-hydrogen) atoms. The maximum atomic E-state index is 8.89. The largest absolute Gasteiger partial charge is 0.487 e. The highest BCUT2D eigenvalue weighted by Gasteiger charge is 2.29. The van der Waals surface area contributed by atoms with E-state index in [0.717, 1.165) is 0 Å². The molecule has 0 amide bonds. The summed E-state index contributed by atoms with van der Waals surface area (Å²) >= 11 is 0. The van der Waals surface area contributed by atoms with E-state index in [9.17, 15) is 0 Å². The average Bonchev–Trinajstić information content (AvgIpc) is 1.62. The fraction of sp³-hybridized carbons (Fsp3) is 0.833. The maximum Gasteiger partial charge on any atom is 0.487 e. The summed E-state index contributed by atoms with van der Waals surface area (Å²) in [5.41, 5.74) is -0.241. The molecule has 0 aliphatic carbocycles. The highest BCUT2D eigenvalue weighted by Crippen LogP contribution is 2.13. The van der Waals surface area contributed by atoms with E-state index in [2.05, 4.69) is 4.74 Å². The number of rotatable bonds is 0. The van der Waals surface area contributed by atoms with Crippen LogP contribution in [0.4, 0.5) is 0 Å². The second kappa shape index (κ2) is 2.16. The molecular weight excluding hydrogens is 104 g/mol. The van der Waals surface area contributed by atoms with E-state index >= 15 is 0 Å². The third-order valence-electron chi connectivity index (χ3n) is 0.835. The van der Waals surface area contributed by atoms with Gasteiger partial charge in [0.2, 0.25) is 0 Å². The molecule has 0 saturated heterocycles. The summed E-state index contributed by atoms with van der Waals surface area (Å²) in [7, 11) is 1.46. The van der Waals surface area contributed by atoms with Crippen molar-refractivity contribution < 1.29 is 9.53 Å². The molecule has 0 aromatic rings. The normalized spacial score (nSPS) is 11.0. The Morgan fingerprint density at radius 2 is 1.75 bits per heavy atom. The lowest BCUT2D eigenvalue weighted by Crippen LogP contribution is -2.21. The molecule has 0 heterocycles. The van der Waals surface area contributed by atoms with Gasteiger partial charge in [-0.2, -0.15) is 0 Å². The number of hydrogen-bond donors (Lipinski definition) is 0. The van der Waals surface area contributed by atoms with Crippen molar-refractivity contribution in [3.8, 4) is 0 Å². The van der Waals surface area contributed by atoms with Gasteiger partial charge in [0.15, 0.2) is 7.11 Å². The smallest absolute Gasteiger partial charge is 0.339 e. The maximum absolute atomic E-state index is 8.89. The molecule has 0 saturated carbocycles. The van der Waals surface area contributed by atoms with Gasteiger partial charge in [-0.25, -0.2) is 0 Å². The van der Waals surface area contributed by atoms with Crippen LogP contribution < -0.4 is 0 Å². The predicted molar refractivity (Wildman–Crippen MR) is 33.4 cm³/mol. The minimum Gasteiger partial charge on any atom is -0.339 e. The van der Waals surface area contributed by atoms with Gasteiger partial charge in [-0.05, 0) is 20.8 Å². The van der Waals surface area contributed by atoms with E-state index in [0.29, 0.717) is 0 Å². The summed E-state index contributed by atoms with van der Waals surface area (Å²) in [6, 6.07) is 0. The van der Waals surface area contributed by atoms with Crippen LogP contribution in [0.25, 0.3) is 0 Å². The second-order valence-corrected chi connectivity index (χ2v) is 2.76. The van der Waals surface area contributed by atoms with Gasteiger partial charge in [0.25, 0.3) is 0 Å². The number of hydrogen-bond acceptors (Lipinski definition) is 1. The van der Waals surface area contributed by atoms with E-state index in [1.54, 1.807) is 0 Å². The Morgan fingerprint density at radius 1 is 1.38 bits per heavy atom. The molecule has 1 N–H and O–H groups in total. The molecule has 0 rings (SSSR count). The molecule has 0 bridgehead atoms. The van der Waals surface area contributed by atoms with Gasteiger partial charge in [0.1, 0.15) is 5.41 Å². The van der Waals surface area contributed by atoms with Crippen LogP contribution in [0.3, 0.4) is 0 Å². The second-order valence-electron chi connectivity index (χ2n) is 2.76. The van der Waals surface area contributed by atoms with Crippen LogP contribution >= 0.6 is 0 Å². The van der Waals surface area contributed by atoms with Crippen molar-refractivity contribution in [1.82, 2.24) is 0 Å². The van der Waals surface area contributed by atoms with Crippen LogP contribution in [-0.2, 0) is 4.74 Å². The molecule has 2 nitrogen and oxygen atoms in total. The first kappa shape index (κ1) is 7.47. The van der Waals surface area contributed by atoms with Gasteiger partial charge in [-0.15, -0.1) is 0 Å². The Kier molecular flexibility index (Phi) is 2.02. The van der Waals surface area contributed by atoms with Crippen LogP contribution in [0.2, 0.25) is 0 Å². The van der Waals surface area contributed by atoms with Crippen molar-refractivity contribution in [3.63, 3.8) is 0 Å². The Balaban J connectivity index is 3.82. The quantitative estimate of drug-likeness (QED) is 0.346. The average molecular weight is 117 g/mol. The predicted octanol–water partition coefficient (Wildman–Crippen LogP) is 1.18. The molecule has 0 aromatic carbocycles. The van der Waals surface area contributed by atoms with Gasteiger partial charge in [-0.1, -0.05) is 0 Å². The number of esters is 1. The SMILES string of the molecule is COC(=[OH+])C(C)(C)C. The van der Waals surface area contributed by atoms with Crippen molar-refractivity contribution in [2.24, 2.45) is 5.41 Å². The van der Waals surface area contributed by atoms with E-state index in [1.807, 2.05) is 20.8 Å². The molecule has 0 aromatic heterocycles. The highest BCUT2D eigenvalue weighted by atomic mass is 16.5. The monoisotopic (exact) mass is 117 g/mol. The molecule has 0 aliphatic heterocycles. The molecule has 0 unspecified atom stereocenters. The lowest BCUT2D eigenvalue weighted by atomic mass is 9.98. The van der Waals surface area contributed by atoms with E-state index in [4.69, 9.17) is 4.79 Å². The summed E-state index contributed by atoms with van der Waals surface area (Å²) in [4.78, 5) is 8.89. The first-order chi connectivity index (χ1) is 3.48. The van der Waals surface area contributed by atoms with Crippen LogP contribution in [0.15, 0.2) is 0 Å². The van der Waals surface area contributed by atoms with Crippen molar-refractivity contribution >= 4 is 5.97 Å². The molecule has 0 aliphatic rings. The van der Waals surface area contributed by atoms with Gasteiger partial charge in [0.05, 0.1) is 0 Å². The number of ether oxygens (including phenoxy) is 1. The lowest BCUT2D eigenvalue weighted by Gasteiger charge is -2.05. The highest BCUT2D eigenvalue weighted by molar-refractivity contribution is 5.76. The summed E-state index contributed by atoms with van der Waals surface area (Å²) in [6.45, 7) is 5.64. The van der Waals surface area contributed by atoms with E-state index in [-0.39, 0.29) is 11.4 Å². The van der Waals surface area contributed by atoms with Gasteiger partial charge in [0, 0.05) is 0 Å². The Labute approximate surface area is 49.8 Å². The number of methoxy groups -OCH3 is 1. The summed E-state index contributed by atoms with van der Waals surface area (Å²) in [6.07, 6.45) is 0. The summed E-state index contributed by atoms with van der Waals surface area (Å²) in [5, 5.41) is 0. The van der Waals surface area contributed by atoms with Gasteiger partial charge < -0.3 is 9.53 Å². The fourth-order valence-corrected chi connectivity index (χ4v) is 0.306. The molecule has 2 heteroatoms. The zero-order valence-corrected chi connectivity index (χ0v) is 5.86. The van der Waals surface area contributed by atoms with Crippen LogP contribution in [0, 0.1) is 5.41 Å². The van der Waals surface area contributed by atoms with E-state index in [1.165, 1.54) is 7.11 Å². The summed E-state index contributed by atoms with van der Waals surface area (Å²) in [5.74, 6) is 0.0810. The lowest BCUT2D eigenvalue weighted by molar-refractivity contribution is 0.286. The number of carbonyl (C=O) groups excluding carboxylic acids is 1. The van der Waals surface area contributed by atoms with Crippen LogP contribution in [-0.4, -0.2) is 17.9 Å². The van der Waals surface area contributed by atoms with Crippen molar-refractivity contribution in [2.45, 2.75) is 20.8 Å². The zero-order chi connectivity index (χ0) is 6.78. The molecule has 0 atom stereocenters. The Morgan fingerprint density at radius 3 is 1.75 bits per heavy atom. The molecule has 48 valence electrons. The first-order valence-corrected chi connectivity index (χ1v) is 2.59. The third-order valence-corrected chi connectivity index (χ3v) is 0.835. The Bertz CT molecular complexity index is 89.2. The first-order valence-electron chi connectivity index (χ1n) is 2.59. The molecular formula is C6H13O2+. The molecule has 0 spiro atoms. The minimum absolute atomic E-state index is 0.0810. The van der Waals surface area contributed by atoms with Crippen molar-refractivity contribution in [2.75, 3.05) is 7.11 Å². The fourth-order valence-electron chi connectivity index (χ4n) is 0.306. The minimum atomic E-state index is -0.241. The standard InChI is InChI=1S/C6H12O2/c1-6(2,3)5(7)8-4/h1-4H3/p+1. The third kappa shape index (κ3) is 1.96. The topological polar surface area (TPSA) is 30.6 Å². The summed E-state index contributed by atoms with van der Waals surface area (Å²) < 4.78 is 4.59. The Hall–Kier alpha value is -0.530. The van der Waals surface area contributed by atoms with Crippen LogP contribution in [0.5, 0.6) is 0 Å². The van der Waals surface area contributed by atoms with Crippen molar-refractivity contribution in [3.05, 3.63) is 0 Å². The van der Waals surface area contributed by atoms with Crippen molar-refractivity contribution in [1.29, 1.82) is 0 Å². The molecule has 0 fully saturated rings. The van der Waals surface area contributed by atoms with Crippen LogP contribution in [0.1, 0.15) is 20.8 Å². The van der Waals surface area contributed by atoms with Gasteiger partial charge >= 0.3 is 5.97 Å². The van der Waals surface area contributed by atoms with Gasteiger partial charge in [-0.3, -0.25) is 0 Å². The zero-order valence-electron chi connectivity index (χ0n) is 5.86. The van der Waals surface area contributed by atoms with E-state index < -0.39 is 0 Å². The molecule has 0 radical (unpaired) electrons.